The van der Waals surface area contributed by atoms with E-state index < -0.39 is 0 Å². The van der Waals surface area contributed by atoms with E-state index in [2.05, 4.69) is 34.0 Å². The van der Waals surface area contributed by atoms with Gasteiger partial charge in [-0.3, -0.25) is 4.99 Å². The molecule has 0 fully saturated rings. The van der Waals surface area contributed by atoms with Crippen LogP contribution in [-0.4, -0.2) is 25.7 Å². The van der Waals surface area contributed by atoms with Crippen LogP contribution in [0.3, 0.4) is 0 Å². The summed E-state index contributed by atoms with van der Waals surface area (Å²) in [5.74, 6) is 0.940. The highest BCUT2D eigenvalue weighted by atomic mass is 127. The molecule has 132 valence electrons. The lowest BCUT2D eigenvalue weighted by molar-refractivity contribution is 0.223. The van der Waals surface area contributed by atoms with Gasteiger partial charge in [-0.15, -0.1) is 35.3 Å². The van der Waals surface area contributed by atoms with Crippen molar-refractivity contribution in [1.29, 1.82) is 0 Å². The Bertz CT molecular complexity index is 663. The Kier molecular flexibility index (Phi) is 9.05. The summed E-state index contributed by atoms with van der Waals surface area (Å²) in [5.41, 5.74) is 1.28. The first-order valence-electron chi connectivity index (χ1n) is 7.48. The van der Waals surface area contributed by atoms with Crippen LogP contribution in [0.15, 0.2) is 40.7 Å². The molecule has 7 heteroatoms. The van der Waals surface area contributed by atoms with Crippen LogP contribution in [0.25, 0.3) is 0 Å². The van der Waals surface area contributed by atoms with E-state index in [1.165, 1.54) is 22.6 Å². The zero-order valence-corrected chi connectivity index (χ0v) is 17.2. The molecule has 24 heavy (non-hydrogen) atoms. The van der Waals surface area contributed by atoms with Crippen molar-refractivity contribution in [3.8, 4) is 5.75 Å². The summed E-state index contributed by atoms with van der Waals surface area (Å²) >= 11 is 1.72. The van der Waals surface area contributed by atoms with Crippen molar-refractivity contribution >= 4 is 41.3 Å². The zero-order valence-electron chi connectivity index (χ0n) is 14.0. The van der Waals surface area contributed by atoms with Gasteiger partial charge in [0.2, 0.25) is 0 Å². The van der Waals surface area contributed by atoms with E-state index in [-0.39, 0.29) is 35.9 Å². The summed E-state index contributed by atoms with van der Waals surface area (Å²) in [6.45, 7) is 5.33. The quantitative estimate of drug-likeness (QED) is 0.388. The van der Waals surface area contributed by atoms with Crippen LogP contribution in [0.1, 0.15) is 17.4 Å². The van der Waals surface area contributed by atoms with Gasteiger partial charge in [-0.1, -0.05) is 6.07 Å². The summed E-state index contributed by atoms with van der Waals surface area (Å²) in [7, 11) is 1.73. The number of ether oxygens (including phenoxy) is 1. The Morgan fingerprint density at radius 3 is 2.75 bits per heavy atom. The number of aliphatic imine (C=N–C) groups is 1. The summed E-state index contributed by atoms with van der Waals surface area (Å²) in [6, 6.07) is 8.25. The molecule has 4 nitrogen and oxygen atoms in total. The molecule has 2 aromatic rings. The third kappa shape index (κ3) is 6.64. The molecule has 1 heterocycles. The Balaban J connectivity index is 0.00000288. The van der Waals surface area contributed by atoms with Crippen LogP contribution in [0.5, 0.6) is 5.75 Å². The average Bonchev–Trinajstić information content (AvgIpc) is 2.93. The van der Waals surface area contributed by atoms with Crippen LogP contribution in [0.4, 0.5) is 4.39 Å². The number of halogens is 2. The van der Waals surface area contributed by atoms with E-state index in [1.54, 1.807) is 30.5 Å². The fraction of sp³-hybridized carbons (Fsp3) is 0.353. The van der Waals surface area contributed by atoms with Crippen molar-refractivity contribution in [2.45, 2.75) is 26.5 Å². The molecule has 0 amide bonds. The molecule has 0 saturated heterocycles. The maximum absolute atomic E-state index is 13.1. The summed E-state index contributed by atoms with van der Waals surface area (Å²) < 4.78 is 18.8. The van der Waals surface area contributed by atoms with Crippen LogP contribution in [-0.2, 0) is 6.54 Å². The first-order valence-corrected chi connectivity index (χ1v) is 8.36. The molecule has 0 radical (unpaired) electrons. The van der Waals surface area contributed by atoms with Gasteiger partial charge in [0.05, 0.1) is 13.1 Å². The second-order valence-electron chi connectivity index (χ2n) is 5.22. The molecule has 0 spiro atoms. The van der Waals surface area contributed by atoms with E-state index in [9.17, 15) is 4.39 Å². The Labute approximate surface area is 163 Å². The highest BCUT2D eigenvalue weighted by molar-refractivity contribution is 14.0. The van der Waals surface area contributed by atoms with Gasteiger partial charge < -0.3 is 15.4 Å². The van der Waals surface area contributed by atoms with Crippen LogP contribution < -0.4 is 15.4 Å². The van der Waals surface area contributed by atoms with E-state index in [4.69, 9.17) is 4.74 Å². The maximum atomic E-state index is 13.1. The lowest BCUT2D eigenvalue weighted by atomic mass is 10.3. The summed E-state index contributed by atoms with van der Waals surface area (Å²) in [5, 5.41) is 8.57. The summed E-state index contributed by atoms with van der Waals surface area (Å²) in [6.07, 6.45) is -0.112. The van der Waals surface area contributed by atoms with Crippen molar-refractivity contribution in [2.75, 3.05) is 13.6 Å². The molecule has 0 aliphatic rings. The standard InChI is InChI=1S/C17H22FN3OS.HI/c1-12-7-8-23-16(12)11-21-17(19-3)20-10-13(2)22-15-6-4-5-14(18)9-15;/h4-9,13H,10-11H2,1-3H3,(H2,19,20,21);1H. The smallest absolute Gasteiger partial charge is 0.191 e. The number of thiophene rings is 1. The van der Waals surface area contributed by atoms with Gasteiger partial charge in [-0.25, -0.2) is 4.39 Å². The molecule has 0 aliphatic carbocycles. The SMILES string of the molecule is CN=C(NCc1sccc1C)NCC(C)Oc1cccc(F)c1.I. The second-order valence-corrected chi connectivity index (χ2v) is 6.22. The van der Waals surface area contributed by atoms with Crippen molar-refractivity contribution in [1.82, 2.24) is 10.6 Å². The number of aryl methyl sites for hydroxylation is 1. The third-order valence-electron chi connectivity index (χ3n) is 3.30. The number of guanidine groups is 1. The Hall–Kier alpha value is -1.35. The largest absolute Gasteiger partial charge is 0.489 e. The van der Waals surface area contributed by atoms with Crippen molar-refractivity contribution in [3.63, 3.8) is 0 Å². The van der Waals surface area contributed by atoms with Gasteiger partial charge in [-0.05, 0) is 43.0 Å². The first-order chi connectivity index (χ1) is 11.1. The number of nitrogens with one attached hydrogen (secondary N) is 2. The topological polar surface area (TPSA) is 45.7 Å². The van der Waals surface area contributed by atoms with Gasteiger partial charge in [-0.2, -0.15) is 0 Å². The highest BCUT2D eigenvalue weighted by Gasteiger charge is 2.07. The van der Waals surface area contributed by atoms with Gasteiger partial charge in [0.15, 0.2) is 5.96 Å². The summed E-state index contributed by atoms with van der Waals surface area (Å²) in [4.78, 5) is 5.48. The molecule has 0 bridgehead atoms. The van der Waals surface area contributed by atoms with E-state index >= 15 is 0 Å². The van der Waals surface area contributed by atoms with Gasteiger partial charge in [0.25, 0.3) is 0 Å². The fourth-order valence-electron chi connectivity index (χ4n) is 2.02. The van der Waals surface area contributed by atoms with Crippen LogP contribution in [0, 0.1) is 12.7 Å². The van der Waals surface area contributed by atoms with Crippen LogP contribution in [0.2, 0.25) is 0 Å². The number of hydrogen-bond acceptors (Lipinski definition) is 3. The minimum Gasteiger partial charge on any atom is -0.489 e. The van der Waals surface area contributed by atoms with Crippen molar-refractivity contribution in [3.05, 3.63) is 52.0 Å². The highest BCUT2D eigenvalue weighted by Crippen LogP contribution is 2.15. The van der Waals surface area contributed by atoms with Gasteiger partial charge in [0, 0.05) is 18.0 Å². The molecule has 1 atom stereocenters. The van der Waals surface area contributed by atoms with Crippen molar-refractivity contribution < 1.29 is 9.13 Å². The minimum atomic E-state index is -0.300. The normalized spacial score (nSPS) is 12.2. The average molecular weight is 463 g/mol. The Morgan fingerprint density at radius 1 is 1.33 bits per heavy atom. The lowest BCUT2D eigenvalue weighted by Gasteiger charge is -2.17. The minimum absolute atomic E-state index is 0. The molecule has 0 aliphatic heterocycles. The number of benzene rings is 1. The predicted octanol–water partition coefficient (Wildman–Crippen LogP) is 3.95. The Morgan fingerprint density at radius 2 is 2.12 bits per heavy atom. The van der Waals surface area contributed by atoms with Crippen LogP contribution >= 0.6 is 35.3 Å². The molecule has 1 aromatic carbocycles. The van der Waals surface area contributed by atoms with E-state index in [1.807, 2.05) is 6.92 Å². The molecule has 2 rings (SSSR count). The molecular weight excluding hydrogens is 440 g/mol. The number of hydrogen-bond donors (Lipinski definition) is 2. The molecule has 1 unspecified atom stereocenters. The third-order valence-corrected chi connectivity index (χ3v) is 4.32. The molecule has 1 aromatic heterocycles. The van der Waals surface area contributed by atoms with Gasteiger partial charge >= 0.3 is 0 Å². The zero-order chi connectivity index (χ0) is 16.7. The first kappa shape index (κ1) is 20.7. The molecular formula is C17H23FIN3OS. The predicted molar refractivity (Wildman–Crippen MR) is 109 cm³/mol. The lowest BCUT2D eigenvalue weighted by Crippen LogP contribution is -2.41. The fourth-order valence-corrected chi connectivity index (χ4v) is 2.87. The van der Waals surface area contributed by atoms with Gasteiger partial charge in [0.1, 0.15) is 17.7 Å². The van der Waals surface area contributed by atoms with Crippen molar-refractivity contribution in [2.24, 2.45) is 4.99 Å². The molecule has 2 N–H and O–H groups in total. The van der Waals surface area contributed by atoms with E-state index in [0.29, 0.717) is 18.3 Å². The number of rotatable bonds is 6. The molecule has 0 saturated carbocycles. The second kappa shape index (κ2) is 10.5. The monoisotopic (exact) mass is 463 g/mol. The number of nitrogens with zero attached hydrogens (tertiary/aromatic N) is 1. The van der Waals surface area contributed by atoms with E-state index in [0.717, 1.165) is 6.54 Å². The maximum Gasteiger partial charge on any atom is 0.191 e.